The highest BCUT2D eigenvalue weighted by Crippen LogP contribution is 2.10. The zero-order valence-corrected chi connectivity index (χ0v) is 13.3. The highest BCUT2D eigenvalue weighted by atomic mass is 79.9. The SMILES string of the molecule is O=C(NCCCc1cnc2ncnn2c1)c1ccc(Br)cc1. The molecule has 0 saturated heterocycles. The zero-order valence-electron chi connectivity index (χ0n) is 11.7. The van der Waals surface area contributed by atoms with E-state index in [4.69, 9.17) is 0 Å². The third-order valence-electron chi connectivity index (χ3n) is 3.22. The Morgan fingerprint density at radius 3 is 2.86 bits per heavy atom. The number of hydrogen-bond donors (Lipinski definition) is 1. The molecule has 2 aromatic heterocycles. The van der Waals surface area contributed by atoms with Gasteiger partial charge in [-0.15, -0.1) is 0 Å². The van der Waals surface area contributed by atoms with E-state index in [1.807, 2.05) is 18.3 Å². The fourth-order valence-corrected chi connectivity index (χ4v) is 2.35. The molecule has 6 nitrogen and oxygen atoms in total. The first kappa shape index (κ1) is 14.6. The van der Waals surface area contributed by atoms with Crippen LogP contribution in [0.3, 0.4) is 0 Å². The standard InChI is InChI=1S/C15H14BrN5O/c16-13-5-3-12(4-6-13)14(22)17-7-1-2-11-8-18-15-19-10-20-21(15)9-11/h3-6,8-10H,1-2,7H2,(H,17,22). The van der Waals surface area contributed by atoms with Crippen LogP contribution in [0.4, 0.5) is 0 Å². The Bertz CT molecular complexity index is 784. The van der Waals surface area contributed by atoms with Gasteiger partial charge in [-0.25, -0.2) is 9.50 Å². The van der Waals surface area contributed by atoms with Gasteiger partial charge in [0.2, 0.25) is 0 Å². The van der Waals surface area contributed by atoms with Crippen molar-refractivity contribution in [3.05, 3.63) is 58.6 Å². The second-order valence-corrected chi connectivity index (χ2v) is 5.75. The van der Waals surface area contributed by atoms with Crippen LogP contribution in [-0.2, 0) is 6.42 Å². The van der Waals surface area contributed by atoms with Crippen LogP contribution >= 0.6 is 15.9 Å². The maximum atomic E-state index is 11.9. The van der Waals surface area contributed by atoms with E-state index >= 15 is 0 Å². The van der Waals surface area contributed by atoms with Crippen molar-refractivity contribution in [3.8, 4) is 0 Å². The number of benzene rings is 1. The van der Waals surface area contributed by atoms with Crippen molar-refractivity contribution >= 4 is 27.6 Å². The molecule has 0 aliphatic heterocycles. The maximum absolute atomic E-state index is 11.9. The van der Waals surface area contributed by atoms with Gasteiger partial charge in [-0.3, -0.25) is 4.79 Å². The van der Waals surface area contributed by atoms with Crippen LogP contribution in [0.1, 0.15) is 22.3 Å². The molecule has 22 heavy (non-hydrogen) atoms. The summed E-state index contributed by atoms with van der Waals surface area (Å²) in [5, 5.41) is 6.96. The van der Waals surface area contributed by atoms with Gasteiger partial charge in [-0.05, 0) is 42.7 Å². The molecule has 0 aliphatic rings. The first-order valence-electron chi connectivity index (χ1n) is 6.90. The molecule has 0 radical (unpaired) electrons. The van der Waals surface area contributed by atoms with Gasteiger partial charge in [0.25, 0.3) is 11.7 Å². The summed E-state index contributed by atoms with van der Waals surface area (Å²) in [4.78, 5) is 20.2. The molecule has 0 saturated carbocycles. The third-order valence-corrected chi connectivity index (χ3v) is 3.75. The van der Waals surface area contributed by atoms with Crippen LogP contribution in [0, 0.1) is 0 Å². The van der Waals surface area contributed by atoms with Crippen LogP contribution in [0.5, 0.6) is 0 Å². The van der Waals surface area contributed by atoms with Crippen molar-refractivity contribution < 1.29 is 4.79 Å². The van der Waals surface area contributed by atoms with Gasteiger partial charge in [0.1, 0.15) is 6.33 Å². The van der Waals surface area contributed by atoms with E-state index in [2.05, 4.69) is 36.3 Å². The lowest BCUT2D eigenvalue weighted by molar-refractivity contribution is 0.0953. The molecule has 2 heterocycles. The number of aromatic nitrogens is 4. The number of carbonyl (C=O) groups is 1. The zero-order chi connectivity index (χ0) is 15.4. The van der Waals surface area contributed by atoms with E-state index in [9.17, 15) is 4.79 Å². The van der Waals surface area contributed by atoms with Gasteiger partial charge in [0.15, 0.2) is 0 Å². The molecule has 0 spiro atoms. The predicted octanol–water partition coefficient (Wildman–Crippen LogP) is 2.25. The van der Waals surface area contributed by atoms with Crippen molar-refractivity contribution in [2.24, 2.45) is 0 Å². The Balaban J connectivity index is 1.48. The summed E-state index contributed by atoms with van der Waals surface area (Å²) in [6.07, 6.45) is 6.84. The second kappa shape index (κ2) is 6.65. The summed E-state index contributed by atoms with van der Waals surface area (Å²) in [5.41, 5.74) is 1.73. The van der Waals surface area contributed by atoms with Crippen LogP contribution in [0.2, 0.25) is 0 Å². The number of amides is 1. The Morgan fingerprint density at radius 2 is 2.05 bits per heavy atom. The summed E-state index contributed by atoms with van der Waals surface area (Å²) in [6.45, 7) is 0.615. The number of halogens is 1. The number of nitrogens with zero attached hydrogens (tertiary/aromatic N) is 4. The Labute approximate surface area is 135 Å². The topological polar surface area (TPSA) is 72.2 Å². The highest BCUT2D eigenvalue weighted by molar-refractivity contribution is 9.10. The van der Waals surface area contributed by atoms with E-state index < -0.39 is 0 Å². The number of fused-ring (bicyclic) bond motifs is 1. The number of aryl methyl sites for hydroxylation is 1. The van der Waals surface area contributed by atoms with Crippen molar-refractivity contribution in [1.82, 2.24) is 24.9 Å². The molecule has 0 atom stereocenters. The van der Waals surface area contributed by atoms with Crippen molar-refractivity contribution in [2.45, 2.75) is 12.8 Å². The fourth-order valence-electron chi connectivity index (χ4n) is 2.09. The molecule has 112 valence electrons. The molecule has 1 N–H and O–H groups in total. The quantitative estimate of drug-likeness (QED) is 0.709. The normalized spacial score (nSPS) is 10.8. The second-order valence-electron chi connectivity index (χ2n) is 4.83. The van der Waals surface area contributed by atoms with Crippen molar-refractivity contribution in [2.75, 3.05) is 6.54 Å². The first-order chi connectivity index (χ1) is 10.7. The van der Waals surface area contributed by atoms with Gasteiger partial charge >= 0.3 is 0 Å². The van der Waals surface area contributed by atoms with Crippen molar-refractivity contribution in [3.63, 3.8) is 0 Å². The molecule has 3 rings (SSSR count). The summed E-state index contributed by atoms with van der Waals surface area (Å²) in [7, 11) is 0. The average molecular weight is 360 g/mol. The van der Waals surface area contributed by atoms with Crippen LogP contribution in [-0.4, -0.2) is 32.0 Å². The van der Waals surface area contributed by atoms with E-state index in [0.29, 0.717) is 17.9 Å². The van der Waals surface area contributed by atoms with E-state index in [1.165, 1.54) is 6.33 Å². The van der Waals surface area contributed by atoms with Crippen LogP contribution < -0.4 is 5.32 Å². The van der Waals surface area contributed by atoms with Crippen LogP contribution in [0.15, 0.2) is 47.5 Å². The Hall–Kier alpha value is -2.28. The lowest BCUT2D eigenvalue weighted by Gasteiger charge is -2.05. The fraction of sp³-hybridized carbons (Fsp3) is 0.200. The van der Waals surface area contributed by atoms with Crippen molar-refractivity contribution in [1.29, 1.82) is 0 Å². The monoisotopic (exact) mass is 359 g/mol. The summed E-state index contributed by atoms with van der Waals surface area (Å²) < 4.78 is 2.61. The summed E-state index contributed by atoms with van der Waals surface area (Å²) >= 11 is 3.35. The molecule has 1 aromatic carbocycles. The summed E-state index contributed by atoms with van der Waals surface area (Å²) in [6, 6.07) is 7.30. The number of nitrogens with one attached hydrogen (secondary N) is 1. The molecule has 0 aliphatic carbocycles. The minimum Gasteiger partial charge on any atom is -0.352 e. The van der Waals surface area contributed by atoms with Gasteiger partial charge in [-0.1, -0.05) is 15.9 Å². The van der Waals surface area contributed by atoms with E-state index in [-0.39, 0.29) is 5.91 Å². The van der Waals surface area contributed by atoms with E-state index in [0.717, 1.165) is 22.9 Å². The molecule has 1 amide bonds. The van der Waals surface area contributed by atoms with Gasteiger partial charge in [0.05, 0.1) is 0 Å². The van der Waals surface area contributed by atoms with Crippen LogP contribution in [0.25, 0.3) is 5.78 Å². The predicted molar refractivity (Wildman–Crippen MR) is 85.6 cm³/mol. The molecule has 0 unspecified atom stereocenters. The minimum atomic E-state index is -0.0580. The lowest BCUT2D eigenvalue weighted by Crippen LogP contribution is -2.24. The molecule has 7 heteroatoms. The minimum absolute atomic E-state index is 0.0580. The molecule has 3 aromatic rings. The van der Waals surface area contributed by atoms with E-state index in [1.54, 1.807) is 22.8 Å². The Kier molecular flexibility index (Phi) is 4.43. The maximum Gasteiger partial charge on any atom is 0.252 e. The lowest BCUT2D eigenvalue weighted by atomic mass is 10.2. The van der Waals surface area contributed by atoms with Gasteiger partial charge < -0.3 is 5.32 Å². The third kappa shape index (κ3) is 3.48. The molecular formula is C15H14BrN5O. The summed E-state index contributed by atoms with van der Waals surface area (Å²) in [5.74, 6) is 0.532. The van der Waals surface area contributed by atoms with Gasteiger partial charge in [-0.2, -0.15) is 10.1 Å². The molecule has 0 fully saturated rings. The smallest absolute Gasteiger partial charge is 0.252 e. The molecule has 0 bridgehead atoms. The first-order valence-corrected chi connectivity index (χ1v) is 7.70. The number of carbonyl (C=O) groups excluding carboxylic acids is 1. The molecular weight excluding hydrogens is 346 g/mol. The Morgan fingerprint density at radius 1 is 1.23 bits per heavy atom. The number of rotatable bonds is 5. The largest absolute Gasteiger partial charge is 0.352 e. The van der Waals surface area contributed by atoms with Gasteiger partial charge in [0, 0.05) is 29.0 Å². The highest BCUT2D eigenvalue weighted by Gasteiger charge is 2.04. The average Bonchev–Trinajstić information content (AvgIpc) is 2.99. The number of hydrogen-bond acceptors (Lipinski definition) is 4.